The largest absolute Gasteiger partial charge is 0.472 e. The maximum atomic E-state index is 13.1. The average molecular weight is 1470 g/mol. The fourth-order valence-electron chi connectivity index (χ4n) is 12.6. The Morgan fingerprint density at radius 1 is 0.270 bits per heavy atom. The second kappa shape index (κ2) is 73.9. The smallest absolute Gasteiger partial charge is 0.462 e. The number of aliphatic hydroxyl groups excluding tert-OH is 1. The Morgan fingerprint density at radius 3 is 0.680 bits per heavy atom. The summed E-state index contributed by atoms with van der Waals surface area (Å²) in [4.78, 5) is 73.0. The zero-order valence-corrected chi connectivity index (χ0v) is 67.1. The molecule has 5 atom stereocenters. The molecular formula is C81H158O17P2. The Bertz CT molecular complexity index is 1910. The standard InChI is InChI=1S/C81H158O17P2/c1-6-9-12-15-18-21-23-25-27-28-29-30-33-38-42-47-52-57-62-67-81(86)98-77(71-92-79(84)65-60-55-50-45-40-37-34-31-32-35-39-44-48-53-58-63-74(4)5)73-96-100(89,90)94-69-75(82)68-93-99(87,88)95-72-76(70-91-78(83)64-59-54-49-43-20-17-14-11-8-3)97-80(85)66-61-56-51-46-41-36-26-24-22-19-16-13-10-7-2/h74-77,82H,6-73H2,1-5H3,(H,87,88)(H,89,90)/t75-,76+,77+/m0/s1. The number of phosphoric acid groups is 2. The minimum absolute atomic E-state index is 0.108. The topological polar surface area (TPSA) is 237 Å². The van der Waals surface area contributed by atoms with E-state index in [0.717, 1.165) is 95.8 Å². The number of ether oxygens (including phenoxy) is 4. The molecule has 0 radical (unpaired) electrons. The first kappa shape index (κ1) is 98.1. The molecule has 0 spiro atoms. The fourth-order valence-corrected chi connectivity index (χ4v) is 14.2. The van der Waals surface area contributed by atoms with Crippen molar-refractivity contribution in [2.75, 3.05) is 39.6 Å². The van der Waals surface area contributed by atoms with Crippen LogP contribution in [0.25, 0.3) is 0 Å². The van der Waals surface area contributed by atoms with Gasteiger partial charge in [0.2, 0.25) is 0 Å². The lowest BCUT2D eigenvalue weighted by Gasteiger charge is -2.21. The maximum absolute atomic E-state index is 13.1. The first-order valence-corrected chi connectivity index (χ1v) is 45.1. The van der Waals surface area contributed by atoms with Crippen LogP contribution in [0.4, 0.5) is 0 Å². The summed E-state index contributed by atoms with van der Waals surface area (Å²) in [7, 11) is -9.92. The number of rotatable bonds is 81. The highest BCUT2D eigenvalue weighted by atomic mass is 31.2. The van der Waals surface area contributed by atoms with Gasteiger partial charge in [0.25, 0.3) is 0 Å². The minimum atomic E-state index is -4.96. The molecule has 0 aliphatic carbocycles. The van der Waals surface area contributed by atoms with Crippen LogP contribution in [0.1, 0.15) is 433 Å². The van der Waals surface area contributed by atoms with Crippen LogP contribution in [0, 0.1) is 5.92 Å². The van der Waals surface area contributed by atoms with E-state index in [2.05, 4.69) is 34.6 Å². The molecule has 0 fully saturated rings. The Morgan fingerprint density at radius 2 is 0.460 bits per heavy atom. The van der Waals surface area contributed by atoms with Crippen LogP contribution in [0.15, 0.2) is 0 Å². The van der Waals surface area contributed by atoms with Crippen molar-refractivity contribution < 1.29 is 80.2 Å². The average Bonchev–Trinajstić information content (AvgIpc) is 1.03. The van der Waals surface area contributed by atoms with Gasteiger partial charge in [-0.15, -0.1) is 0 Å². The highest BCUT2D eigenvalue weighted by Gasteiger charge is 2.30. The molecule has 0 aliphatic heterocycles. The van der Waals surface area contributed by atoms with E-state index in [9.17, 15) is 43.2 Å². The Labute approximate surface area is 613 Å². The van der Waals surface area contributed by atoms with Crippen LogP contribution in [-0.4, -0.2) is 96.7 Å². The van der Waals surface area contributed by atoms with Crippen molar-refractivity contribution in [3.63, 3.8) is 0 Å². The van der Waals surface area contributed by atoms with E-state index >= 15 is 0 Å². The Kier molecular flexibility index (Phi) is 72.5. The van der Waals surface area contributed by atoms with E-state index in [1.54, 1.807) is 0 Å². The van der Waals surface area contributed by atoms with E-state index in [4.69, 9.17) is 37.0 Å². The van der Waals surface area contributed by atoms with Crippen LogP contribution in [0.2, 0.25) is 0 Å². The zero-order chi connectivity index (χ0) is 73.4. The fraction of sp³-hybridized carbons (Fsp3) is 0.951. The van der Waals surface area contributed by atoms with Crippen LogP contribution in [-0.2, 0) is 65.4 Å². The molecule has 594 valence electrons. The minimum Gasteiger partial charge on any atom is -0.462 e. The van der Waals surface area contributed by atoms with Gasteiger partial charge in [0.05, 0.1) is 26.4 Å². The number of hydrogen-bond donors (Lipinski definition) is 3. The Balaban J connectivity index is 5.21. The van der Waals surface area contributed by atoms with Crippen LogP contribution < -0.4 is 0 Å². The second-order valence-electron chi connectivity index (χ2n) is 29.6. The molecule has 19 heteroatoms. The second-order valence-corrected chi connectivity index (χ2v) is 32.5. The summed E-state index contributed by atoms with van der Waals surface area (Å²) >= 11 is 0. The van der Waals surface area contributed by atoms with Gasteiger partial charge in [-0.2, -0.15) is 0 Å². The molecule has 0 aromatic rings. The van der Waals surface area contributed by atoms with Crippen LogP contribution in [0.3, 0.4) is 0 Å². The summed E-state index contributed by atoms with van der Waals surface area (Å²) in [6.45, 7) is 7.35. The monoisotopic (exact) mass is 1470 g/mol. The predicted octanol–water partition coefficient (Wildman–Crippen LogP) is 24.4. The summed E-state index contributed by atoms with van der Waals surface area (Å²) in [6.07, 6.45) is 65.2. The summed E-state index contributed by atoms with van der Waals surface area (Å²) < 4.78 is 68.7. The molecule has 0 aliphatic rings. The van der Waals surface area contributed by atoms with E-state index in [0.29, 0.717) is 25.7 Å². The lowest BCUT2D eigenvalue weighted by molar-refractivity contribution is -0.161. The number of carbonyl (C=O) groups excluding carboxylic acids is 4. The first-order valence-electron chi connectivity index (χ1n) is 42.1. The molecular weight excluding hydrogens is 1310 g/mol. The molecule has 3 N–H and O–H groups in total. The van der Waals surface area contributed by atoms with Gasteiger partial charge < -0.3 is 33.8 Å². The molecule has 0 aromatic carbocycles. The van der Waals surface area contributed by atoms with E-state index in [1.807, 2.05) is 0 Å². The number of hydrogen-bond acceptors (Lipinski definition) is 15. The van der Waals surface area contributed by atoms with Gasteiger partial charge in [0.1, 0.15) is 19.3 Å². The van der Waals surface area contributed by atoms with Crippen molar-refractivity contribution in [3.8, 4) is 0 Å². The molecule has 100 heavy (non-hydrogen) atoms. The number of unbranched alkanes of at least 4 members (excludes halogenated alkanes) is 53. The third-order valence-electron chi connectivity index (χ3n) is 19.0. The van der Waals surface area contributed by atoms with Crippen molar-refractivity contribution in [2.24, 2.45) is 5.92 Å². The summed E-state index contributed by atoms with van der Waals surface area (Å²) in [6, 6.07) is 0. The maximum Gasteiger partial charge on any atom is 0.472 e. The van der Waals surface area contributed by atoms with Gasteiger partial charge in [-0.05, 0) is 31.6 Å². The predicted molar refractivity (Wildman–Crippen MR) is 409 cm³/mol. The van der Waals surface area contributed by atoms with E-state index in [-0.39, 0.29) is 25.7 Å². The molecule has 0 heterocycles. The molecule has 0 bridgehead atoms. The van der Waals surface area contributed by atoms with Gasteiger partial charge in [-0.3, -0.25) is 37.3 Å². The SMILES string of the molecule is CCCCCCCCCCCCCCCCCCCCCC(=O)O[C@H](COC(=O)CCCCCCCCCCCCCCCCCC(C)C)COP(=O)(O)OC[C@@H](O)COP(=O)(O)OC[C@@H](COC(=O)CCCCCCCCCCC)OC(=O)CCCCCCCCCCCCCCCC. The molecule has 0 aromatic heterocycles. The highest BCUT2D eigenvalue weighted by molar-refractivity contribution is 7.47. The molecule has 2 unspecified atom stereocenters. The normalized spacial score (nSPS) is 13.8. The lowest BCUT2D eigenvalue weighted by atomic mass is 10.0. The van der Waals surface area contributed by atoms with Crippen LogP contribution in [0.5, 0.6) is 0 Å². The van der Waals surface area contributed by atoms with Crippen molar-refractivity contribution >= 4 is 39.5 Å². The summed E-state index contributed by atoms with van der Waals surface area (Å²) in [5, 5.41) is 10.6. The highest BCUT2D eigenvalue weighted by Crippen LogP contribution is 2.45. The number of esters is 4. The molecule has 0 saturated heterocycles. The van der Waals surface area contributed by atoms with Gasteiger partial charge in [0, 0.05) is 25.7 Å². The third kappa shape index (κ3) is 74.3. The van der Waals surface area contributed by atoms with Crippen molar-refractivity contribution in [2.45, 2.75) is 451 Å². The quantitative estimate of drug-likeness (QED) is 0.0222. The van der Waals surface area contributed by atoms with Crippen molar-refractivity contribution in [1.82, 2.24) is 0 Å². The molecule has 0 amide bonds. The van der Waals surface area contributed by atoms with E-state index < -0.39 is 97.5 Å². The lowest BCUT2D eigenvalue weighted by Crippen LogP contribution is -2.30. The van der Waals surface area contributed by atoms with Gasteiger partial charge in [-0.1, -0.05) is 381 Å². The zero-order valence-electron chi connectivity index (χ0n) is 65.3. The molecule has 0 rings (SSSR count). The van der Waals surface area contributed by atoms with Gasteiger partial charge in [-0.25, -0.2) is 9.13 Å². The van der Waals surface area contributed by atoms with Gasteiger partial charge >= 0.3 is 39.5 Å². The van der Waals surface area contributed by atoms with Crippen molar-refractivity contribution in [3.05, 3.63) is 0 Å². The summed E-state index contributed by atoms with van der Waals surface area (Å²) in [5.74, 6) is -1.30. The number of aliphatic hydroxyl groups is 1. The van der Waals surface area contributed by atoms with Crippen molar-refractivity contribution in [1.29, 1.82) is 0 Å². The van der Waals surface area contributed by atoms with E-state index in [1.165, 1.54) is 257 Å². The number of carbonyl (C=O) groups is 4. The summed E-state index contributed by atoms with van der Waals surface area (Å²) in [5.41, 5.74) is 0. The Hall–Kier alpha value is -1.94. The molecule has 17 nitrogen and oxygen atoms in total. The number of phosphoric ester groups is 2. The third-order valence-corrected chi connectivity index (χ3v) is 20.9. The van der Waals surface area contributed by atoms with Gasteiger partial charge in [0.15, 0.2) is 12.2 Å². The first-order chi connectivity index (χ1) is 48.5. The van der Waals surface area contributed by atoms with Crippen LogP contribution >= 0.6 is 15.6 Å². The molecule has 0 saturated carbocycles.